The topological polar surface area (TPSA) is 151 Å². The SMILES string of the molecule is CCOC(=O)[C@H](Cc1ccccc1)NC(=O)CCC1CC(OC(=O)NCCc2ccc(F)cc2)CC2(CCCC(COC(=O)NCCc3ccc(Cl)cc3)O2)O1. The molecule has 4 unspecified atom stereocenters. The van der Waals surface area contributed by atoms with Crippen LogP contribution in [0.4, 0.5) is 14.0 Å². The number of carbonyl (C=O) groups is 4. The number of carbonyl (C=O) groups excluding carboxylic acids is 4. The quantitative estimate of drug-likeness (QED) is 0.101. The van der Waals surface area contributed by atoms with Crippen molar-refractivity contribution < 1.29 is 47.3 Å². The Kier molecular flexibility index (Phi) is 16.3. The summed E-state index contributed by atoms with van der Waals surface area (Å²) in [6.07, 6.45) is 1.28. The van der Waals surface area contributed by atoms with Crippen LogP contribution in [0.3, 0.4) is 0 Å². The van der Waals surface area contributed by atoms with Crippen LogP contribution in [-0.4, -0.2) is 80.5 Å². The molecule has 12 nitrogen and oxygen atoms in total. The van der Waals surface area contributed by atoms with E-state index in [0.717, 1.165) is 16.7 Å². The van der Waals surface area contributed by atoms with Gasteiger partial charge < -0.3 is 39.6 Å². The normalized spacial score (nSPS) is 21.0. The highest BCUT2D eigenvalue weighted by molar-refractivity contribution is 6.30. The van der Waals surface area contributed by atoms with Crippen molar-refractivity contribution in [2.75, 3.05) is 26.3 Å². The van der Waals surface area contributed by atoms with Gasteiger partial charge in [0.15, 0.2) is 5.79 Å². The number of hydrogen-bond donors (Lipinski definition) is 3. The predicted octanol–water partition coefficient (Wildman–Crippen LogP) is 6.60. The third-order valence-electron chi connectivity index (χ3n) is 9.66. The molecule has 3 N–H and O–H groups in total. The van der Waals surface area contributed by atoms with Crippen molar-refractivity contribution in [1.29, 1.82) is 0 Å². The van der Waals surface area contributed by atoms with Crippen molar-refractivity contribution in [3.63, 3.8) is 0 Å². The Labute approximate surface area is 332 Å². The Hall–Kier alpha value is -4.72. The third-order valence-corrected chi connectivity index (χ3v) is 9.91. The maximum atomic E-state index is 13.3. The van der Waals surface area contributed by atoms with Gasteiger partial charge >= 0.3 is 18.2 Å². The number of amides is 3. The van der Waals surface area contributed by atoms with Crippen molar-refractivity contribution in [3.05, 3.63) is 106 Å². The minimum atomic E-state index is -1.14. The van der Waals surface area contributed by atoms with Crippen LogP contribution in [0.5, 0.6) is 0 Å². The van der Waals surface area contributed by atoms with E-state index in [9.17, 15) is 23.6 Å². The Morgan fingerprint density at radius 1 is 0.857 bits per heavy atom. The van der Waals surface area contributed by atoms with Crippen LogP contribution in [0.15, 0.2) is 78.9 Å². The van der Waals surface area contributed by atoms with Gasteiger partial charge in [-0.2, -0.15) is 0 Å². The zero-order valence-electron chi connectivity index (χ0n) is 31.6. The summed E-state index contributed by atoms with van der Waals surface area (Å²) in [5.41, 5.74) is 2.77. The lowest BCUT2D eigenvalue weighted by Gasteiger charge is -2.47. The van der Waals surface area contributed by atoms with Gasteiger partial charge in [0, 0.05) is 50.2 Å². The number of esters is 1. The van der Waals surface area contributed by atoms with Crippen LogP contribution < -0.4 is 16.0 Å². The first-order valence-corrected chi connectivity index (χ1v) is 19.7. The predicted molar refractivity (Wildman–Crippen MR) is 206 cm³/mol. The largest absolute Gasteiger partial charge is 0.464 e. The summed E-state index contributed by atoms with van der Waals surface area (Å²) in [5.74, 6) is -2.34. The minimum absolute atomic E-state index is 0.00296. The highest BCUT2D eigenvalue weighted by Gasteiger charge is 2.47. The number of ether oxygens (including phenoxy) is 5. The fraction of sp³-hybridized carbons (Fsp3) is 0.476. The van der Waals surface area contributed by atoms with Crippen LogP contribution in [-0.2, 0) is 52.5 Å². The molecule has 0 aromatic heterocycles. The lowest BCUT2D eigenvalue weighted by molar-refractivity contribution is -0.329. The van der Waals surface area contributed by atoms with Crippen molar-refractivity contribution in [2.24, 2.45) is 0 Å². The van der Waals surface area contributed by atoms with Crippen LogP contribution in [0.2, 0.25) is 5.02 Å². The van der Waals surface area contributed by atoms with Gasteiger partial charge in [-0.3, -0.25) is 4.79 Å². The molecule has 2 aliphatic rings. The molecule has 302 valence electrons. The number of nitrogens with one attached hydrogen (secondary N) is 3. The lowest BCUT2D eigenvalue weighted by Crippen LogP contribution is -2.54. The maximum Gasteiger partial charge on any atom is 0.407 e. The van der Waals surface area contributed by atoms with Crippen LogP contribution in [0.25, 0.3) is 0 Å². The van der Waals surface area contributed by atoms with E-state index < -0.39 is 48.3 Å². The Morgan fingerprint density at radius 3 is 2.21 bits per heavy atom. The van der Waals surface area contributed by atoms with E-state index >= 15 is 0 Å². The second-order valence-electron chi connectivity index (χ2n) is 14.1. The van der Waals surface area contributed by atoms with Gasteiger partial charge in [-0.25, -0.2) is 18.8 Å². The molecule has 56 heavy (non-hydrogen) atoms. The van der Waals surface area contributed by atoms with E-state index in [2.05, 4.69) is 16.0 Å². The summed E-state index contributed by atoms with van der Waals surface area (Å²) >= 11 is 5.96. The summed E-state index contributed by atoms with van der Waals surface area (Å²) in [6, 6.07) is 21.9. The molecular weight excluding hydrogens is 745 g/mol. The van der Waals surface area contributed by atoms with Crippen LogP contribution >= 0.6 is 11.6 Å². The summed E-state index contributed by atoms with van der Waals surface area (Å²) in [4.78, 5) is 51.5. The molecule has 14 heteroatoms. The second kappa shape index (κ2) is 21.5. The summed E-state index contributed by atoms with van der Waals surface area (Å²) in [7, 11) is 0. The first-order valence-electron chi connectivity index (χ1n) is 19.3. The van der Waals surface area contributed by atoms with E-state index in [4.69, 9.17) is 35.3 Å². The second-order valence-corrected chi connectivity index (χ2v) is 14.5. The Morgan fingerprint density at radius 2 is 1.52 bits per heavy atom. The van der Waals surface area contributed by atoms with Gasteiger partial charge in [0.05, 0.1) is 18.8 Å². The molecule has 0 aliphatic carbocycles. The van der Waals surface area contributed by atoms with Crippen molar-refractivity contribution >= 4 is 35.7 Å². The van der Waals surface area contributed by atoms with Crippen molar-refractivity contribution in [2.45, 2.75) is 101 Å². The monoisotopic (exact) mass is 795 g/mol. The molecule has 5 atom stereocenters. The van der Waals surface area contributed by atoms with E-state index in [0.29, 0.717) is 50.1 Å². The fourth-order valence-corrected chi connectivity index (χ4v) is 7.07. The molecule has 2 aliphatic heterocycles. The number of alkyl carbamates (subject to hydrolysis) is 2. The van der Waals surface area contributed by atoms with Gasteiger partial charge in [-0.1, -0.05) is 66.2 Å². The Balaban J connectivity index is 1.17. The van der Waals surface area contributed by atoms with Crippen LogP contribution in [0.1, 0.15) is 68.6 Å². The molecule has 5 rings (SSSR count). The third kappa shape index (κ3) is 14.1. The average Bonchev–Trinajstić information content (AvgIpc) is 3.18. The smallest absolute Gasteiger partial charge is 0.407 e. The highest BCUT2D eigenvalue weighted by atomic mass is 35.5. The number of hydrogen-bond acceptors (Lipinski definition) is 9. The molecule has 0 saturated carbocycles. The van der Waals surface area contributed by atoms with E-state index in [-0.39, 0.29) is 57.2 Å². The number of benzene rings is 3. The maximum absolute atomic E-state index is 13.3. The number of rotatable bonds is 17. The van der Waals surface area contributed by atoms with Gasteiger partial charge in [0.25, 0.3) is 0 Å². The van der Waals surface area contributed by atoms with Gasteiger partial charge in [0.1, 0.15) is 24.6 Å². The zero-order chi connectivity index (χ0) is 39.8. The molecule has 0 radical (unpaired) electrons. The average molecular weight is 796 g/mol. The first-order chi connectivity index (χ1) is 27.1. The highest BCUT2D eigenvalue weighted by Crippen LogP contribution is 2.41. The Bertz CT molecular complexity index is 1720. The first kappa shape index (κ1) is 42.4. The van der Waals surface area contributed by atoms with Crippen molar-refractivity contribution in [1.82, 2.24) is 16.0 Å². The lowest BCUT2D eigenvalue weighted by atomic mass is 9.90. The van der Waals surface area contributed by atoms with Crippen molar-refractivity contribution in [3.8, 4) is 0 Å². The molecule has 2 saturated heterocycles. The fourth-order valence-electron chi connectivity index (χ4n) is 6.94. The number of halogens is 2. The molecule has 3 aromatic carbocycles. The van der Waals surface area contributed by atoms with Crippen LogP contribution in [0, 0.1) is 5.82 Å². The van der Waals surface area contributed by atoms with Gasteiger partial charge in [-0.05, 0) is 80.0 Å². The van der Waals surface area contributed by atoms with Gasteiger partial charge in [-0.15, -0.1) is 0 Å². The molecule has 3 aromatic rings. The molecular formula is C42H51ClFN3O9. The summed E-state index contributed by atoms with van der Waals surface area (Å²) < 4.78 is 43.0. The molecule has 1 spiro atoms. The molecule has 3 amide bonds. The van der Waals surface area contributed by atoms with Gasteiger partial charge in [0.2, 0.25) is 5.91 Å². The summed E-state index contributed by atoms with van der Waals surface area (Å²) in [5, 5.41) is 9.00. The van der Waals surface area contributed by atoms with E-state index in [1.807, 2.05) is 42.5 Å². The molecule has 0 bridgehead atoms. The zero-order valence-corrected chi connectivity index (χ0v) is 32.4. The summed E-state index contributed by atoms with van der Waals surface area (Å²) in [6.45, 7) is 2.55. The minimum Gasteiger partial charge on any atom is -0.464 e. The standard InChI is InChI=1S/C42H51ClFN3O9/c1-2-52-39(49)37(25-31-7-4-3-5-8-31)47-38(48)19-18-34-26-36(54-41(51)46-24-21-30-12-16-33(44)17-13-30)27-42(55-34)22-6-9-35(56-42)28-53-40(50)45-23-20-29-10-14-32(43)15-11-29/h3-5,7-8,10-17,34-37H,2,6,9,18-28H2,1H3,(H,45,50)(H,46,51)(H,47,48)/t34?,35?,36?,37-,42?/m0/s1. The van der Waals surface area contributed by atoms with E-state index in [1.165, 1.54) is 12.1 Å². The van der Waals surface area contributed by atoms with E-state index in [1.54, 1.807) is 31.2 Å². The molecule has 2 heterocycles. The molecule has 2 fully saturated rings.